The second-order valence-electron chi connectivity index (χ2n) is 7.67. The van der Waals surface area contributed by atoms with Crippen molar-refractivity contribution >= 4 is 0 Å². The van der Waals surface area contributed by atoms with Crippen LogP contribution in [0.5, 0.6) is 0 Å². The van der Waals surface area contributed by atoms with Crippen LogP contribution in [0.4, 0.5) is 4.39 Å². The van der Waals surface area contributed by atoms with E-state index in [0.717, 1.165) is 5.92 Å². The Balaban J connectivity index is 2.30. The number of hydrogen-bond acceptors (Lipinski definition) is 1. The quantitative estimate of drug-likeness (QED) is 0.663. The fraction of sp³-hybridized carbons (Fsp3) is 1.00. The molecular formula is C14H26FN. The second-order valence-corrected chi connectivity index (χ2v) is 7.67. The molecule has 1 unspecified atom stereocenters. The number of piperidine rings is 1. The van der Waals surface area contributed by atoms with Crippen LogP contribution in [-0.4, -0.2) is 29.2 Å². The fourth-order valence-corrected chi connectivity index (χ4v) is 3.82. The number of rotatable bonds is 1. The van der Waals surface area contributed by atoms with E-state index in [0.29, 0.717) is 12.0 Å². The zero-order chi connectivity index (χ0) is 12.3. The van der Waals surface area contributed by atoms with Gasteiger partial charge in [0, 0.05) is 17.6 Å². The lowest BCUT2D eigenvalue weighted by atomic mass is 9.82. The normalized spacial score (nSPS) is 39.9. The third kappa shape index (κ3) is 1.79. The Kier molecular flexibility index (Phi) is 2.66. The molecule has 0 radical (unpaired) electrons. The van der Waals surface area contributed by atoms with Gasteiger partial charge in [-0.15, -0.1) is 0 Å². The zero-order valence-corrected chi connectivity index (χ0v) is 11.5. The SMILES string of the molecule is CC(C)(C)C1[C@@H]2C[C@@H]2[C@@H](CF)N1C(C)(C)C. The molecule has 1 heterocycles. The minimum atomic E-state index is -0.176. The number of fused-ring (bicyclic) bond motifs is 1. The summed E-state index contributed by atoms with van der Waals surface area (Å²) in [5.74, 6) is 1.38. The molecule has 2 aliphatic rings. The molecule has 1 aliphatic heterocycles. The van der Waals surface area contributed by atoms with Crippen LogP contribution >= 0.6 is 0 Å². The third-order valence-electron chi connectivity index (χ3n) is 4.27. The molecule has 0 amide bonds. The van der Waals surface area contributed by atoms with E-state index in [1.807, 2.05) is 0 Å². The summed E-state index contributed by atoms with van der Waals surface area (Å²) in [6.45, 7) is 13.4. The monoisotopic (exact) mass is 227 g/mol. The summed E-state index contributed by atoms with van der Waals surface area (Å²) in [7, 11) is 0. The van der Waals surface area contributed by atoms with Gasteiger partial charge in [0.1, 0.15) is 6.67 Å². The molecule has 0 N–H and O–H groups in total. The van der Waals surface area contributed by atoms with E-state index < -0.39 is 0 Å². The van der Waals surface area contributed by atoms with Crippen LogP contribution in [0.3, 0.4) is 0 Å². The molecule has 4 atom stereocenters. The largest absolute Gasteiger partial charge is 0.289 e. The van der Waals surface area contributed by atoms with E-state index in [2.05, 4.69) is 46.4 Å². The first-order valence-electron chi connectivity index (χ1n) is 6.52. The molecule has 0 bridgehead atoms. The van der Waals surface area contributed by atoms with Crippen molar-refractivity contribution in [1.82, 2.24) is 4.90 Å². The lowest BCUT2D eigenvalue weighted by molar-refractivity contribution is -0.00401. The highest BCUT2D eigenvalue weighted by Gasteiger charge is 2.63. The topological polar surface area (TPSA) is 3.24 Å². The predicted octanol–water partition coefficient (Wildman–Crippen LogP) is 3.49. The lowest BCUT2D eigenvalue weighted by Gasteiger charge is -2.47. The van der Waals surface area contributed by atoms with E-state index in [9.17, 15) is 4.39 Å². The lowest BCUT2D eigenvalue weighted by Crippen LogP contribution is -2.56. The molecule has 2 fully saturated rings. The van der Waals surface area contributed by atoms with Crippen molar-refractivity contribution in [3.05, 3.63) is 0 Å². The number of hydrogen-bond donors (Lipinski definition) is 0. The van der Waals surface area contributed by atoms with Crippen LogP contribution in [-0.2, 0) is 0 Å². The summed E-state index contributed by atoms with van der Waals surface area (Å²) >= 11 is 0. The molecule has 0 aromatic heterocycles. The molecular weight excluding hydrogens is 201 g/mol. The summed E-state index contributed by atoms with van der Waals surface area (Å²) in [5.41, 5.74) is 0.346. The molecule has 0 aromatic carbocycles. The molecule has 0 aromatic rings. The van der Waals surface area contributed by atoms with Crippen LogP contribution in [0.2, 0.25) is 0 Å². The Hall–Kier alpha value is -0.110. The van der Waals surface area contributed by atoms with Crippen LogP contribution in [0, 0.1) is 17.3 Å². The molecule has 94 valence electrons. The van der Waals surface area contributed by atoms with E-state index in [1.165, 1.54) is 6.42 Å². The van der Waals surface area contributed by atoms with Crippen molar-refractivity contribution in [2.75, 3.05) is 6.67 Å². The average molecular weight is 227 g/mol. The Morgan fingerprint density at radius 2 is 1.62 bits per heavy atom. The second kappa shape index (κ2) is 3.44. The summed E-state index contributed by atoms with van der Waals surface area (Å²) in [4.78, 5) is 2.46. The highest BCUT2D eigenvalue weighted by molar-refractivity contribution is 5.15. The maximum atomic E-state index is 13.3. The number of halogens is 1. The van der Waals surface area contributed by atoms with Gasteiger partial charge in [-0.3, -0.25) is 4.90 Å². The van der Waals surface area contributed by atoms with Crippen molar-refractivity contribution in [2.24, 2.45) is 17.3 Å². The van der Waals surface area contributed by atoms with E-state index >= 15 is 0 Å². The van der Waals surface area contributed by atoms with E-state index in [4.69, 9.17) is 0 Å². The Labute approximate surface area is 99.4 Å². The number of alkyl halides is 1. The summed E-state index contributed by atoms with van der Waals surface area (Å²) in [6.07, 6.45) is 1.25. The van der Waals surface area contributed by atoms with Crippen LogP contribution < -0.4 is 0 Å². The van der Waals surface area contributed by atoms with Crippen molar-refractivity contribution in [1.29, 1.82) is 0 Å². The molecule has 1 saturated heterocycles. The van der Waals surface area contributed by atoms with Gasteiger partial charge in [0.05, 0.1) is 0 Å². The molecule has 1 saturated carbocycles. The highest BCUT2D eigenvalue weighted by Crippen LogP contribution is 2.59. The molecule has 2 heteroatoms. The van der Waals surface area contributed by atoms with Crippen molar-refractivity contribution in [2.45, 2.75) is 65.6 Å². The van der Waals surface area contributed by atoms with Crippen molar-refractivity contribution in [3.63, 3.8) is 0 Å². The highest BCUT2D eigenvalue weighted by atomic mass is 19.1. The van der Waals surface area contributed by atoms with Gasteiger partial charge in [-0.2, -0.15) is 0 Å². The smallest absolute Gasteiger partial charge is 0.105 e. The predicted molar refractivity (Wildman–Crippen MR) is 66.2 cm³/mol. The van der Waals surface area contributed by atoms with E-state index in [1.54, 1.807) is 0 Å². The van der Waals surface area contributed by atoms with Gasteiger partial charge in [0.25, 0.3) is 0 Å². The molecule has 0 spiro atoms. The van der Waals surface area contributed by atoms with Crippen LogP contribution in [0.1, 0.15) is 48.0 Å². The average Bonchev–Trinajstić information content (AvgIpc) is 2.75. The third-order valence-corrected chi connectivity index (χ3v) is 4.27. The van der Waals surface area contributed by atoms with Crippen LogP contribution in [0.25, 0.3) is 0 Å². The first-order chi connectivity index (χ1) is 7.18. The first-order valence-corrected chi connectivity index (χ1v) is 6.52. The summed E-state index contributed by atoms with van der Waals surface area (Å²) in [6, 6.07) is 0.729. The van der Waals surface area contributed by atoms with Gasteiger partial charge in [-0.05, 0) is 44.4 Å². The summed E-state index contributed by atoms with van der Waals surface area (Å²) < 4.78 is 13.3. The number of nitrogens with zero attached hydrogens (tertiary/aromatic N) is 1. The summed E-state index contributed by atoms with van der Waals surface area (Å²) in [5, 5.41) is 0. The van der Waals surface area contributed by atoms with Crippen molar-refractivity contribution < 1.29 is 4.39 Å². The Morgan fingerprint density at radius 3 is 2.00 bits per heavy atom. The molecule has 2 rings (SSSR count). The van der Waals surface area contributed by atoms with Gasteiger partial charge in [0.15, 0.2) is 0 Å². The maximum Gasteiger partial charge on any atom is 0.105 e. The molecule has 1 aliphatic carbocycles. The van der Waals surface area contributed by atoms with Gasteiger partial charge < -0.3 is 0 Å². The number of likely N-dealkylation sites (tertiary alicyclic amines) is 1. The van der Waals surface area contributed by atoms with Gasteiger partial charge in [-0.1, -0.05) is 20.8 Å². The maximum absolute atomic E-state index is 13.3. The minimum absolute atomic E-state index is 0.0854. The minimum Gasteiger partial charge on any atom is -0.289 e. The van der Waals surface area contributed by atoms with E-state index in [-0.39, 0.29) is 23.7 Å². The standard InChI is InChI=1S/C14H26FN/c1-13(2,3)12-10-7-9(10)11(8-15)16(12)14(4,5)6/h9-12H,7-8H2,1-6H3/t9-,10+,11+,12?/m0/s1. The Morgan fingerprint density at radius 1 is 1.06 bits per heavy atom. The zero-order valence-electron chi connectivity index (χ0n) is 11.5. The fourth-order valence-electron chi connectivity index (χ4n) is 3.82. The van der Waals surface area contributed by atoms with Gasteiger partial charge in [0.2, 0.25) is 0 Å². The Bertz CT molecular complexity index is 273. The van der Waals surface area contributed by atoms with Gasteiger partial charge >= 0.3 is 0 Å². The van der Waals surface area contributed by atoms with Gasteiger partial charge in [-0.25, -0.2) is 4.39 Å². The molecule has 1 nitrogen and oxygen atoms in total. The van der Waals surface area contributed by atoms with Crippen molar-refractivity contribution in [3.8, 4) is 0 Å². The molecule has 16 heavy (non-hydrogen) atoms. The first kappa shape index (κ1) is 12.3. The van der Waals surface area contributed by atoms with Crippen LogP contribution in [0.15, 0.2) is 0 Å².